The van der Waals surface area contributed by atoms with E-state index in [-0.39, 0.29) is 18.4 Å². The summed E-state index contributed by atoms with van der Waals surface area (Å²) >= 11 is 0. The van der Waals surface area contributed by atoms with Crippen LogP contribution in [0.1, 0.15) is 18.1 Å². The first-order chi connectivity index (χ1) is 14.6. The topological polar surface area (TPSA) is 58.6 Å². The van der Waals surface area contributed by atoms with Gasteiger partial charge in [0.15, 0.2) is 6.61 Å². The first-order valence-corrected chi connectivity index (χ1v) is 9.96. The maximum absolute atomic E-state index is 13.0. The normalized spacial score (nSPS) is 11.4. The number of benzene rings is 3. The lowest BCUT2D eigenvalue weighted by Gasteiger charge is -2.28. The Morgan fingerprint density at radius 1 is 0.833 bits per heavy atom. The van der Waals surface area contributed by atoms with Gasteiger partial charge in [0.25, 0.3) is 5.91 Å². The zero-order valence-electron chi connectivity index (χ0n) is 17.0. The number of hydrogen-bond donors (Lipinski definition) is 1. The number of carbonyl (C=O) groups is 2. The number of ether oxygens (including phenoxy) is 1. The molecule has 1 atom stereocenters. The standard InChI is InChI=1S/C25H26N2O3/c1-20(25(29)26-17-21-11-5-2-6-12-21)27(18-22-13-7-3-8-14-22)24(28)19-30-23-15-9-4-10-16-23/h2-16,20H,17-19H2,1H3,(H,26,29). The SMILES string of the molecule is CC(C(=O)NCc1ccccc1)N(Cc1ccccc1)C(=O)COc1ccccc1. The Balaban J connectivity index is 1.67. The minimum absolute atomic E-state index is 0.132. The Labute approximate surface area is 177 Å². The fourth-order valence-corrected chi connectivity index (χ4v) is 3.04. The van der Waals surface area contributed by atoms with Crippen molar-refractivity contribution in [1.29, 1.82) is 0 Å². The van der Waals surface area contributed by atoms with Gasteiger partial charge in [0, 0.05) is 13.1 Å². The highest BCUT2D eigenvalue weighted by Gasteiger charge is 2.26. The molecule has 0 radical (unpaired) electrons. The van der Waals surface area contributed by atoms with Crippen molar-refractivity contribution in [1.82, 2.24) is 10.2 Å². The van der Waals surface area contributed by atoms with Gasteiger partial charge in [-0.3, -0.25) is 9.59 Å². The molecular weight excluding hydrogens is 376 g/mol. The molecule has 0 saturated carbocycles. The molecule has 5 nitrogen and oxygen atoms in total. The van der Waals surface area contributed by atoms with Gasteiger partial charge >= 0.3 is 0 Å². The van der Waals surface area contributed by atoms with Gasteiger partial charge in [-0.2, -0.15) is 0 Å². The second-order valence-electron chi connectivity index (χ2n) is 6.99. The fraction of sp³-hybridized carbons (Fsp3) is 0.200. The molecule has 0 aliphatic rings. The smallest absolute Gasteiger partial charge is 0.261 e. The summed E-state index contributed by atoms with van der Waals surface area (Å²) in [6.07, 6.45) is 0. The van der Waals surface area contributed by atoms with Crippen LogP contribution in [0.25, 0.3) is 0 Å². The Bertz CT molecular complexity index is 930. The van der Waals surface area contributed by atoms with Gasteiger partial charge in [0.2, 0.25) is 5.91 Å². The largest absolute Gasteiger partial charge is 0.484 e. The van der Waals surface area contributed by atoms with Crippen molar-refractivity contribution in [2.24, 2.45) is 0 Å². The minimum Gasteiger partial charge on any atom is -0.484 e. The number of nitrogens with zero attached hydrogens (tertiary/aromatic N) is 1. The maximum Gasteiger partial charge on any atom is 0.261 e. The zero-order valence-corrected chi connectivity index (χ0v) is 17.0. The minimum atomic E-state index is -0.638. The summed E-state index contributed by atoms with van der Waals surface area (Å²) in [4.78, 5) is 27.3. The number of carbonyl (C=O) groups excluding carboxylic acids is 2. The van der Waals surface area contributed by atoms with Gasteiger partial charge in [0.05, 0.1) is 0 Å². The van der Waals surface area contributed by atoms with E-state index in [0.29, 0.717) is 18.8 Å². The van der Waals surface area contributed by atoms with Crippen LogP contribution in [0.5, 0.6) is 5.75 Å². The molecule has 1 unspecified atom stereocenters. The highest BCUT2D eigenvalue weighted by Crippen LogP contribution is 2.12. The van der Waals surface area contributed by atoms with Crippen LogP contribution in [0.3, 0.4) is 0 Å². The molecule has 30 heavy (non-hydrogen) atoms. The number of nitrogens with one attached hydrogen (secondary N) is 1. The summed E-state index contributed by atoms with van der Waals surface area (Å²) in [5, 5.41) is 2.92. The first-order valence-electron chi connectivity index (χ1n) is 9.96. The first kappa shape index (κ1) is 21.1. The molecular formula is C25H26N2O3. The van der Waals surface area contributed by atoms with Crippen LogP contribution in [-0.2, 0) is 22.7 Å². The molecule has 1 N–H and O–H groups in total. The van der Waals surface area contributed by atoms with Crippen molar-refractivity contribution in [2.45, 2.75) is 26.1 Å². The van der Waals surface area contributed by atoms with Crippen LogP contribution >= 0.6 is 0 Å². The molecule has 5 heteroatoms. The van der Waals surface area contributed by atoms with Crippen molar-refractivity contribution in [2.75, 3.05) is 6.61 Å². The molecule has 2 amide bonds. The van der Waals surface area contributed by atoms with Gasteiger partial charge in [-0.1, -0.05) is 78.9 Å². The summed E-state index contributed by atoms with van der Waals surface area (Å²) in [5.74, 6) is 0.166. The summed E-state index contributed by atoms with van der Waals surface area (Å²) < 4.78 is 5.62. The average Bonchev–Trinajstić information content (AvgIpc) is 2.81. The molecule has 0 spiro atoms. The summed E-state index contributed by atoms with van der Waals surface area (Å²) in [5.41, 5.74) is 1.96. The van der Waals surface area contributed by atoms with Crippen molar-refractivity contribution < 1.29 is 14.3 Å². The summed E-state index contributed by atoms with van der Waals surface area (Å²) in [6, 6.07) is 27.8. The van der Waals surface area contributed by atoms with Gasteiger partial charge in [-0.25, -0.2) is 0 Å². The molecule has 154 valence electrons. The zero-order chi connectivity index (χ0) is 21.2. The third-order valence-corrected chi connectivity index (χ3v) is 4.78. The number of rotatable bonds is 9. The predicted molar refractivity (Wildman–Crippen MR) is 117 cm³/mol. The van der Waals surface area contributed by atoms with Crippen molar-refractivity contribution in [3.8, 4) is 5.75 Å². The highest BCUT2D eigenvalue weighted by atomic mass is 16.5. The lowest BCUT2D eigenvalue weighted by atomic mass is 10.1. The van der Waals surface area contributed by atoms with E-state index in [1.807, 2.05) is 78.9 Å². The van der Waals surface area contributed by atoms with Crippen LogP contribution in [0.4, 0.5) is 0 Å². The quantitative estimate of drug-likeness (QED) is 0.592. The van der Waals surface area contributed by atoms with Crippen molar-refractivity contribution in [3.63, 3.8) is 0 Å². The van der Waals surface area contributed by atoms with Crippen molar-refractivity contribution in [3.05, 3.63) is 102 Å². The molecule has 3 rings (SSSR count). The molecule has 0 fully saturated rings. The van der Waals surface area contributed by atoms with Crippen LogP contribution < -0.4 is 10.1 Å². The maximum atomic E-state index is 13.0. The molecule has 0 aliphatic carbocycles. The predicted octanol–water partition coefficient (Wildman–Crippen LogP) is 3.80. The molecule has 0 heterocycles. The Hall–Kier alpha value is -3.60. The van der Waals surface area contributed by atoms with Gasteiger partial charge in [-0.15, -0.1) is 0 Å². The Morgan fingerprint density at radius 3 is 1.97 bits per heavy atom. The third-order valence-electron chi connectivity index (χ3n) is 4.78. The van der Waals surface area contributed by atoms with E-state index in [0.717, 1.165) is 11.1 Å². The summed E-state index contributed by atoms with van der Waals surface area (Å²) in [6.45, 7) is 2.35. The third kappa shape index (κ3) is 6.21. The van der Waals surface area contributed by atoms with Crippen LogP contribution in [0.15, 0.2) is 91.0 Å². The van der Waals surface area contributed by atoms with Crippen LogP contribution in [0.2, 0.25) is 0 Å². The average molecular weight is 402 g/mol. The van der Waals surface area contributed by atoms with E-state index in [4.69, 9.17) is 4.74 Å². The molecule has 0 aromatic heterocycles. The number of hydrogen-bond acceptors (Lipinski definition) is 3. The lowest BCUT2D eigenvalue weighted by molar-refractivity contribution is -0.142. The van der Waals surface area contributed by atoms with Crippen molar-refractivity contribution >= 4 is 11.8 Å². The molecule has 0 saturated heterocycles. The molecule has 0 bridgehead atoms. The second kappa shape index (κ2) is 10.8. The monoisotopic (exact) mass is 402 g/mol. The second-order valence-corrected chi connectivity index (χ2v) is 6.99. The van der Waals surface area contributed by atoms with E-state index in [1.165, 1.54) is 0 Å². The highest BCUT2D eigenvalue weighted by molar-refractivity contribution is 5.87. The van der Waals surface area contributed by atoms with E-state index in [1.54, 1.807) is 24.0 Å². The number of para-hydroxylation sites is 1. The molecule has 3 aromatic carbocycles. The van der Waals surface area contributed by atoms with Gasteiger partial charge in [-0.05, 0) is 30.2 Å². The van der Waals surface area contributed by atoms with E-state index in [9.17, 15) is 9.59 Å². The van der Waals surface area contributed by atoms with E-state index in [2.05, 4.69) is 5.32 Å². The number of amides is 2. The van der Waals surface area contributed by atoms with E-state index < -0.39 is 6.04 Å². The Kier molecular flexibility index (Phi) is 7.61. The molecule has 0 aliphatic heterocycles. The molecule has 3 aromatic rings. The van der Waals surface area contributed by atoms with E-state index >= 15 is 0 Å². The Morgan fingerprint density at radius 2 is 1.37 bits per heavy atom. The van der Waals surface area contributed by atoms with Crippen LogP contribution in [0, 0.1) is 0 Å². The summed E-state index contributed by atoms with van der Waals surface area (Å²) in [7, 11) is 0. The fourth-order valence-electron chi connectivity index (χ4n) is 3.04. The van der Waals surface area contributed by atoms with Crippen LogP contribution in [-0.4, -0.2) is 29.4 Å². The van der Waals surface area contributed by atoms with Gasteiger partial charge < -0.3 is 15.0 Å². The lowest BCUT2D eigenvalue weighted by Crippen LogP contribution is -2.48. The van der Waals surface area contributed by atoms with Gasteiger partial charge in [0.1, 0.15) is 11.8 Å².